The van der Waals surface area contributed by atoms with Crippen molar-refractivity contribution >= 4 is 28.9 Å². The summed E-state index contributed by atoms with van der Waals surface area (Å²) in [5.74, 6) is -0.530. The third-order valence-electron chi connectivity index (χ3n) is 3.26. The number of amides is 1. The molecule has 2 aromatic rings. The molecule has 24 heavy (non-hydrogen) atoms. The first kappa shape index (κ1) is 18.1. The molecule has 0 aliphatic heterocycles. The van der Waals surface area contributed by atoms with Crippen LogP contribution in [0.15, 0.2) is 36.8 Å². The largest absolute Gasteiger partial charge is 0.387 e. The van der Waals surface area contributed by atoms with Crippen molar-refractivity contribution in [2.75, 3.05) is 11.9 Å². The van der Waals surface area contributed by atoms with E-state index in [2.05, 4.69) is 20.6 Å². The predicted molar refractivity (Wildman–Crippen MR) is 90.3 cm³/mol. The summed E-state index contributed by atoms with van der Waals surface area (Å²) in [6.07, 6.45) is 2.91. The van der Waals surface area contributed by atoms with Crippen molar-refractivity contribution in [3.8, 4) is 0 Å². The van der Waals surface area contributed by atoms with Gasteiger partial charge in [-0.15, -0.1) is 0 Å². The molecule has 2 heterocycles. The van der Waals surface area contributed by atoms with Crippen molar-refractivity contribution in [2.24, 2.45) is 0 Å². The second-order valence-electron chi connectivity index (χ2n) is 5.75. The van der Waals surface area contributed by atoms with Crippen molar-refractivity contribution < 1.29 is 14.3 Å². The maximum absolute atomic E-state index is 13.8. The highest BCUT2D eigenvalue weighted by Gasteiger charge is 2.27. The van der Waals surface area contributed by atoms with Crippen LogP contribution >= 0.6 is 11.6 Å². The molecule has 2 aromatic heterocycles. The van der Waals surface area contributed by atoms with E-state index in [0.717, 1.165) is 0 Å². The lowest BCUT2D eigenvalue weighted by atomic mass is 10.0. The maximum atomic E-state index is 13.8. The normalized spacial score (nSPS) is 12.5. The van der Waals surface area contributed by atoms with E-state index >= 15 is 0 Å². The van der Waals surface area contributed by atoms with Crippen molar-refractivity contribution in [2.45, 2.75) is 25.6 Å². The molecule has 0 aromatic carbocycles. The molecule has 128 valence electrons. The molecule has 0 saturated heterocycles. The summed E-state index contributed by atoms with van der Waals surface area (Å²) < 4.78 is 13.8. The number of aromatic nitrogens is 2. The SMILES string of the molecule is CC(C)(O)[C@H](F)CNC(=O)c1cnc(Cl)cc1Nc1cccnc1. The first-order chi connectivity index (χ1) is 11.3. The number of hydrogen-bond donors (Lipinski definition) is 3. The summed E-state index contributed by atoms with van der Waals surface area (Å²) in [5.41, 5.74) is -0.262. The van der Waals surface area contributed by atoms with Gasteiger partial charge in [0.25, 0.3) is 5.91 Å². The number of alkyl halides is 1. The number of rotatable bonds is 6. The zero-order valence-corrected chi connectivity index (χ0v) is 14.0. The van der Waals surface area contributed by atoms with Gasteiger partial charge < -0.3 is 15.7 Å². The molecule has 0 fully saturated rings. The van der Waals surface area contributed by atoms with Crippen LogP contribution in [0.4, 0.5) is 15.8 Å². The van der Waals surface area contributed by atoms with Crippen LogP contribution in [0.25, 0.3) is 0 Å². The van der Waals surface area contributed by atoms with Crippen molar-refractivity contribution in [3.63, 3.8) is 0 Å². The van der Waals surface area contributed by atoms with Crippen LogP contribution < -0.4 is 10.6 Å². The summed E-state index contributed by atoms with van der Waals surface area (Å²) in [7, 11) is 0. The van der Waals surface area contributed by atoms with Gasteiger partial charge in [-0.3, -0.25) is 9.78 Å². The Morgan fingerprint density at radius 1 is 1.46 bits per heavy atom. The standard InChI is InChI=1S/C16H18ClFN4O2/c1-16(2,24)13(18)9-21-15(23)11-8-20-14(17)6-12(11)22-10-4-3-5-19-7-10/h3-8,13,24H,9H2,1-2H3,(H,20,22)(H,21,23)/t13-/m1/s1. The lowest BCUT2D eigenvalue weighted by Gasteiger charge is -2.22. The second-order valence-corrected chi connectivity index (χ2v) is 6.14. The van der Waals surface area contributed by atoms with E-state index in [1.807, 2.05) is 0 Å². The summed E-state index contributed by atoms with van der Waals surface area (Å²) >= 11 is 5.88. The second kappa shape index (κ2) is 7.55. The molecular weight excluding hydrogens is 335 g/mol. The van der Waals surface area contributed by atoms with E-state index in [-0.39, 0.29) is 17.3 Å². The summed E-state index contributed by atoms with van der Waals surface area (Å²) in [4.78, 5) is 20.2. The molecule has 0 saturated carbocycles. The molecule has 0 aliphatic rings. The Kier molecular flexibility index (Phi) is 5.69. The molecule has 1 atom stereocenters. The van der Waals surface area contributed by atoms with E-state index < -0.39 is 17.7 Å². The zero-order valence-electron chi connectivity index (χ0n) is 13.3. The highest BCUT2D eigenvalue weighted by molar-refractivity contribution is 6.29. The average molecular weight is 353 g/mol. The van der Waals surface area contributed by atoms with Crippen molar-refractivity contribution in [1.29, 1.82) is 0 Å². The van der Waals surface area contributed by atoms with Gasteiger partial charge in [-0.25, -0.2) is 9.37 Å². The van der Waals surface area contributed by atoms with Gasteiger partial charge in [0.15, 0.2) is 0 Å². The first-order valence-electron chi connectivity index (χ1n) is 7.24. The number of carbonyl (C=O) groups excluding carboxylic acids is 1. The van der Waals surface area contributed by atoms with Crippen LogP contribution in [0.1, 0.15) is 24.2 Å². The Morgan fingerprint density at radius 2 is 2.21 bits per heavy atom. The Morgan fingerprint density at radius 3 is 2.83 bits per heavy atom. The van der Waals surface area contributed by atoms with Gasteiger partial charge in [0.05, 0.1) is 35.3 Å². The number of aliphatic hydroxyl groups is 1. The molecule has 6 nitrogen and oxygen atoms in total. The van der Waals surface area contributed by atoms with Crippen LogP contribution in [-0.2, 0) is 0 Å². The van der Waals surface area contributed by atoms with Crippen LogP contribution in [0, 0.1) is 0 Å². The minimum atomic E-state index is -1.60. The van der Waals surface area contributed by atoms with Gasteiger partial charge in [0, 0.05) is 12.4 Å². The van der Waals surface area contributed by atoms with Gasteiger partial charge in [0.1, 0.15) is 11.3 Å². The van der Waals surface area contributed by atoms with Gasteiger partial charge >= 0.3 is 0 Å². The molecule has 0 unspecified atom stereocenters. The average Bonchev–Trinajstić information content (AvgIpc) is 2.52. The fourth-order valence-corrected chi connectivity index (χ4v) is 1.99. The highest BCUT2D eigenvalue weighted by atomic mass is 35.5. The van der Waals surface area contributed by atoms with Crippen LogP contribution in [0.2, 0.25) is 5.15 Å². The number of nitrogens with one attached hydrogen (secondary N) is 2. The minimum Gasteiger partial charge on any atom is -0.387 e. The molecule has 1 amide bonds. The number of hydrogen-bond acceptors (Lipinski definition) is 5. The molecule has 8 heteroatoms. The van der Waals surface area contributed by atoms with Gasteiger partial charge in [-0.05, 0) is 32.0 Å². The molecule has 0 aliphatic carbocycles. The maximum Gasteiger partial charge on any atom is 0.255 e. The Hall–Kier alpha value is -2.25. The Bertz CT molecular complexity index is 707. The molecule has 2 rings (SSSR count). The summed E-state index contributed by atoms with van der Waals surface area (Å²) in [5, 5.41) is 15.2. The van der Waals surface area contributed by atoms with E-state index in [1.54, 1.807) is 24.5 Å². The molecule has 0 radical (unpaired) electrons. The first-order valence-corrected chi connectivity index (χ1v) is 7.62. The van der Waals surface area contributed by atoms with Crippen LogP contribution in [0.3, 0.4) is 0 Å². The topological polar surface area (TPSA) is 87.1 Å². The fraction of sp³-hybridized carbons (Fsp3) is 0.312. The van der Waals surface area contributed by atoms with E-state index in [0.29, 0.717) is 11.4 Å². The van der Waals surface area contributed by atoms with E-state index in [1.165, 1.54) is 26.1 Å². The summed E-state index contributed by atoms with van der Waals surface area (Å²) in [6, 6.07) is 5.00. The molecule has 3 N–H and O–H groups in total. The van der Waals surface area contributed by atoms with Gasteiger partial charge in [-0.2, -0.15) is 0 Å². The van der Waals surface area contributed by atoms with E-state index in [4.69, 9.17) is 11.6 Å². The number of nitrogens with zero attached hydrogens (tertiary/aromatic N) is 2. The number of carbonyl (C=O) groups is 1. The molecule has 0 bridgehead atoms. The third kappa shape index (κ3) is 4.87. The quantitative estimate of drug-likeness (QED) is 0.696. The lowest BCUT2D eigenvalue weighted by Crippen LogP contribution is -2.42. The fourth-order valence-electron chi connectivity index (χ4n) is 1.83. The molecule has 0 spiro atoms. The summed E-state index contributed by atoms with van der Waals surface area (Å²) in [6.45, 7) is 2.35. The predicted octanol–water partition coefficient (Wildman–Crippen LogP) is 2.71. The lowest BCUT2D eigenvalue weighted by molar-refractivity contribution is -0.00177. The Balaban J connectivity index is 2.16. The number of anilines is 2. The smallest absolute Gasteiger partial charge is 0.255 e. The van der Waals surface area contributed by atoms with Crippen LogP contribution in [-0.4, -0.2) is 39.3 Å². The third-order valence-corrected chi connectivity index (χ3v) is 3.47. The van der Waals surface area contributed by atoms with E-state index in [9.17, 15) is 14.3 Å². The van der Waals surface area contributed by atoms with Gasteiger partial charge in [-0.1, -0.05) is 11.6 Å². The number of halogens is 2. The highest BCUT2D eigenvalue weighted by Crippen LogP contribution is 2.23. The zero-order chi connectivity index (χ0) is 17.7. The molecular formula is C16H18ClFN4O2. The van der Waals surface area contributed by atoms with Gasteiger partial charge in [0.2, 0.25) is 0 Å². The van der Waals surface area contributed by atoms with Crippen molar-refractivity contribution in [3.05, 3.63) is 47.5 Å². The van der Waals surface area contributed by atoms with Crippen LogP contribution in [0.5, 0.6) is 0 Å². The Labute approximate surface area is 144 Å². The monoisotopic (exact) mass is 352 g/mol. The van der Waals surface area contributed by atoms with Crippen molar-refractivity contribution in [1.82, 2.24) is 15.3 Å². The number of pyridine rings is 2. The minimum absolute atomic E-state index is 0.200.